The predicted molar refractivity (Wildman–Crippen MR) is 114 cm³/mol. The Kier molecular flexibility index (Phi) is 8.55. The maximum atomic E-state index is 9.71. The Bertz CT molecular complexity index is 455. The number of nitrogens with zero attached hydrogens (tertiary/aromatic N) is 1. The van der Waals surface area contributed by atoms with E-state index in [9.17, 15) is 5.11 Å². The highest BCUT2D eigenvalue weighted by atomic mass is 31.2. The van der Waals surface area contributed by atoms with Gasteiger partial charge in [0.2, 0.25) is 0 Å². The van der Waals surface area contributed by atoms with Gasteiger partial charge >= 0.3 is 0 Å². The Hall–Kier alpha value is 0.230. The summed E-state index contributed by atoms with van der Waals surface area (Å²) in [5, 5.41) is 13.2. The van der Waals surface area contributed by atoms with E-state index in [0.717, 1.165) is 32.5 Å². The normalized spacial score (nSPS) is 37.6. The zero-order chi connectivity index (χ0) is 20.2. The van der Waals surface area contributed by atoms with Crippen LogP contribution in [0.3, 0.4) is 0 Å². The van der Waals surface area contributed by atoms with Crippen molar-refractivity contribution in [2.24, 2.45) is 11.3 Å². The van der Waals surface area contributed by atoms with Crippen LogP contribution in [0.1, 0.15) is 80.6 Å². The first-order valence-corrected chi connectivity index (χ1v) is 11.9. The van der Waals surface area contributed by atoms with Crippen molar-refractivity contribution in [3.05, 3.63) is 0 Å². The summed E-state index contributed by atoms with van der Waals surface area (Å²) in [6.45, 7) is 18.2. The largest absolute Gasteiger partial charge is 0.392 e. The number of aliphatic hydroxyl groups is 1. The van der Waals surface area contributed by atoms with E-state index in [1.807, 2.05) is 0 Å². The maximum absolute atomic E-state index is 9.71. The highest BCUT2D eigenvalue weighted by molar-refractivity contribution is 7.44. The minimum absolute atomic E-state index is 0.0822. The lowest BCUT2D eigenvalue weighted by molar-refractivity contribution is -0.0254. The lowest BCUT2D eigenvalue weighted by Gasteiger charge is -2.39. The van der Waals surface area contributed by atoms with Gasteiger partial charge in [-0.3, -0.25) is 0 Å². The Morgan fingerprint density at radius 3 is 2.48 bits per heavy atom. The van der Waals surface area contributed by atoms with E-state index in [0.29, 0.717) is 18.1 Å². The first kappa shape index (κ1) is 23.5. The molecule has 2 heterocycles. The fourth-order valence-electron chi connectivity index (χ4n) is 4.29. The molecule has 0 aromatic carbocycles. The van der Waals surface area contributed by atoms with Crippen LogP contribution in [0, 0.1) is 11.3 Å². The van der Waals surface area contributed by atoms with Crippen molar-refractivity contribution >= 4 is 8.53 Å². The van der Waals surface area contributed by atoms with Crippen LogP contribution in [0.5, 0.6) is 0 Å². The van der Waals surface area contributed by atoms with Crippen LogP contribution >= 0.6 is 8.53 Å². The second-order valence-corrected chi connectivity index (χ2v) is 11.7. The molecular weight excluding hydrogens is 359 g/mol. The van der Waals surface area contributed by atoms with E-state index in [1.165, 1.54) is 19.3 Å². The van der Waals surface area contributed by atoms with Gasteiger partial charge in [-0.25, -0.2) is 4.67 Å². The smallest absolute Gasteiger partial charge is 0.259 e. The summed E-state index contributed by atoms with van der Waals surface area (Å²) < 4.78 is 14.3. The van der Waals surface area contributed by atoms with E-state index < -0.39 is 8.53 Å². The molecule has 2 saturated heterocycles. The molecule has 6 heteroatoms. The van der Waals surface area contributed by atoms with Gasteiger partial charge in [-0.1, -0.05) is 27.2 Å². The quantitative estimate of drug-likeness (QED) is 0.656. The van der Waals surface area contributed by atoms with Gasteiger partial charge in [0.1, 0.15) is 0 Å². The fraction of sp³-hybridized carbons (Fsp3) is 1.00. The molecule has 0 spiro atoms. The number of aliphatic hydroxyl groups excluding tert-OH is 1. The molecule has 3 rings (SSSR count). The van der Waals surface area contributed by atoms with Crippen LogP contribution < -0.4 is 5.32 Å². The summed E-state index contributed by atoms with van der Waals surface area (Å²) in [5.74, 6) is 0.503. The molecule has 1 saturated carbocycles. The zero-order valence-electron chi connectivity index (χ0n) is 18.6. The molecule has 0 amide bonds. The molecule has 1 aliphatic carbocycles. The van der Waals surface area contributed by atoms with Crippen molar-refractivity contribution in [3.8, 4) is 0 Å². The fourth-order valence-corrected chi connectivity index (χ4v) is 6.02. The average Bonchev–Trinajstić information content (AvgIpc) is 3.01. The van der Waals surface area contributed by atoms with Crippen LogP contribution in [-0.4, -0.2) is 53.3 Å². The summed E-state index contributed by atoms with van der Waals surface area (Å²) >= 11 is 0. The third-order valence-corrected chi connectivity index (χ3v) is 8.19. The lowest BCUT2D eigenvalue weighted by Crippen LogP contribution is -2.40. The minimum Gasteiger partial charge on any atom is -0.392 e. The molecule has 160 valence electrons. The molecule has 3 aliphatic rings. The van der Waals surface area contributed by atoms with E-state index in [4.69, 9.17) is 9.05 Å². The first-order valence-electron chi connectivity index (χ1n) is 10.8. The van der Waals surface area contributed by atoms with Crippen LogP contribution in [-0.2, 0) is 9.05 Å². The molecule has 2 aliphatic heterocycles. The van der Waals surface area contributed by atoms with Crippen molar-refractivity contribution in [1.29, 1.82) is 0 Å². The highest BCUT2D eigenvalue weighted by Gasteiger charge is 2.38. The number of piperidine rings is 1. The summed E-state index contributed by atoms with van der Waals surface area (Å²) in [6.07, 6.45) is 6.14. The van der Waals surface area contributed by atoms with Crippen LogP contribution in [0.15, 0.2) is 0 Å². The maximum Gasteiger partial charge on any atom is 0.259 e. The summed E-state index contributed by atoms with van der Waals surface area (Å²) in [7, 11) is -0.833. The van der Waals surface area contributed by atoms with Gasteiger partial charge in [0.25, 0.3) is 8.53 Å². The lowest BCUT2D eigenvalue weighted by atomic mass is 9.70. The highest BCUT2D eigenvalue weighted by Crippen LogP contribution is 2.52. The van der Waals surface area contributed by atoms with Gasteiger partial charge in [0.15, 0.2) is 0 Å². The van der Waals surface area contributed by atoms with Crippen molar-refractivity contribution in [2.45, 2.75) is 104 Å². The second kappa shape index (κ2) is 9.82. The van der Waals surface area contributed by atoms with Gasteiger partial charge in [-0.15, -0.1) is 0 Å². The Balaban J connectivity index is 0.000000223. The van der Waals surface area contributed by atoms with E-state index in [2.05, 4.69) is 58.5 Å². The third-order valence-electron chi connectivity index (χ3n) is 6.11. The standard InChI is InChI=1S/C12H25N2O2P.C9H18O/c1-10-9-11(5-6-13-10)16-17-14(7-8-15-17)12(2,3)4;1-7-5-4-6-9(2,3)8(7)10/h10-11,13H,5-9H2,1-4H3;7-8,10H,4-6H2,1-3H3. The van der Waals surface area contributed by atoms with Gasteiger partial charge in [0.05, 0.1) is 18.8 Å². The third kappa shape index (κ3) is 6.90. The second-order valence-electron chi connectivity index (χ2n) is 10.3. The van der Waals surface area contributed by atoms with Gasteiger partial charge in [0, 0.05) is 18.1 Å². The molecule has 5 nitrogen and oxygen atoms in total. The number of nitrogens with one attached hydrogen (secondary N) is 1. The molecule has 0 aromatic rings. The van der Waals surface area contributed by atoms with Crippen molar-refractivity contribution in [1.82, 2.24) is 9.99 Å². The SMILES string of the molecule is CC1CC(OP2OCCN2C(C)(C)C)CCN1.CC1CCCC(C)(C)C1O. The average molecular weight is 403 g/mol. The molecule has 0 bridgehead atoms. The summed E-state index contributed by atoms with van der Waals surface area (Å²) in [4.78, 5) is 0. The molecule has 5 atom stereocenters. The van der Waals surface area contributed by atoms with E-state index in [-0.39, 0.29) is 17.1 Å². The Labute approximate surface area is 168 Å². The summed E-state index contributed by atoms with van der Waals surface area (Å²) in [5.41, 5.74) is 0.304. The minimum atomic E-state index is -0.833. The molecule has 3 fully saturated rings. The number of rotatable bonds is 2. The topological polar surface area (TPSA) is 54.0 Å². The molecule has 0 radical (unpaired) electrons. The van der Waals surface area contributed by atoms with Gasteiger partial charge in [-0.2, -0.15) is 0 Å². The van der Waals surface area contributed by atoms with E-state index in [1.54, 1.807) is 0 Å². The first-order chi connectivity index (χ1) is 12.5. The van der Waals surface area contributed by atoms with Crippen molar-refractivity contribution < 1.29 is 14.2 Å². The monoisotopic (exact) mass is 402 g/mol. The zero-order valence-corrected chi connectivity index (χ0v) is 19.5. The van der Waals surface area contributed by atoms with Crippen molar-refractivity contribution in [2.75, 3.05) is 19.7 Å². The van der Waals surface area contributed by atoms with E-state index >= 15 is 0 Å². The summed E-state index contributed by atoms with van der Waals surface area (Å²) in [6, 6.07) is 0.564. The molecule has 0 aromatic heterocycles. The molecule has 27 heavy (non-hydrogen) atoms. The number of hydrogen-bond donors (Lipinski definition) is 2. The predicted octanol–water partition coefficient (Wildman–Crippen LogP) is 4.69. The van der Waals surface area contributed by atoms with Gasteiger partial charge in [-0.05, 0) is 71.3 Å². The molecule has 2 N–H and O–H groups in total. The number of hydrogen-bond acceptors (Lipinski definition) is 5. The molecular formula is C21H43N2O3P. The van der Waals surface area contributed by atoms with Crippen LogP contribution in [0.4, 0.5) is 0 Å². The molecule has 5 unspecified atom stereocenters. The van der Waals surface area contributed by atoms with Crippen LogP contribution in [0.2, 0.25) is 0 Å². The van der Waals surface area contributed by atoms with Crippen molar-refractivity contribution in [3.63, 3.8) is 0 Å². The Morgan fingerprint density at radius 1 is 1.22 bits per heavy atom. The Morgan fingerprint density at radius 2 is 1.93 bits per heavy atom. The van der Waals surface area contributed by atoms with Crippen LogP contribution in [0.25, 0.3) is 0 Å². The van der Waals surface area contributed by atoms with Gasteiger partial charge < -0.3 is 19.5 Å².